The van der Waals surface area contributed by atoms with Crippen molar-refractivity contribution in [2.75, 3.05) is 0 Å². The van der Waals surface area contributed by atoms with Crippen LogP contribution in [0.4, 0.5) is 0 Å². The van der Waals surface area contributed by atoms with Gasteiger partial charge in [-0.15, -0.1) is 0 Å². The molecule has 0 bridgehead atoms. The lowest BCUT2D eigenvalue weighted by molar-refractivity contribution is 0.0942. The molecule has 2 aromatic rings. The number of rotatable bonds is 5. The molecule has 0 fully saturated rings. The number of hydrogen-bond acceptors (Lipinski definition) is 2. The highest BCUT2D eigenvalue weighted by molar-refractivity contribution is 5.92. The van der Waals surface area contributed by atoms with Crippen LogP contribution in [0.25, 0.3) is 0 Å². The zero-order valence-electron chi connectivity index (χ0n) is 12.9. The van der Waals surface area contributed by atoms with Gasteiger partial charge in [0.05, 0.1) is 0 Å². The van der Waals surface area contributed by atoms with Gasteiger partial charge in [0.1, 0.15) is 5.69 Å². The van der Waals surface area contributed by atoms with Crippen molar-refractivity contribution in [1.82, 2.24) is 9.99 Å². The zero-order valence-corrected chi connectivity index (χ0v) is 12.9. The summed E-state index contributed by atoms with van der Waals surface area (Å²) in [5.74, 6) is 5.04. The van der Waals surface area contributed by atoms with E-state index in [4.69, 9.17) is 5.84 Å². The molecule has 0 aliphatic carbocycles. The summed E-state index contributed by atoms with van der Waals surface area (Å²) in [5.41, 5.74) is 6.46. The molecule has 1 aromatic heterocycles. The number of aryl methyl sites for hydroxylation is 1. The SMILES string of the molecule is CCC(C)n1c(Cc2ccc(C)cc2)ccc1C(=O)NN. The molecular weight excluding hydrogens is 262 g/mol. The first-order valence-electron chi connectivity index (χ1n) is 7.33. The molecule has 4 heteroatoms. The zero-order chi connectivity index (χ0) is 15.4. The monoisotopic (exact) mass is 285 g/mol. The molecule has 0 saturated heterocycles. The fourth-order valence-electron chi connectivity index (χ4n) is 2.51. The number of carbonyl (C=O) groups excluding carboxylic acids is 1. The van der Waals surface area contributed by atoms with Crippen molar-refractivity contribution in [3.63, 3.8) is 0 Å². The van der Waals surface area contributed by atoms with Gasteiger partial charge in [-0.2, -0.15) is 0 Å². The third kappa shape index (κ3) is 3.34. The number of nitrogens with one attached hydrogen (secondary N) is 1. The summed E-state index contributed by atoms with van der Waals surface area (Å²) in [6, 6.07) is 12.6. The molecule has 21 heavy (non-hydrogen) atoms. The van der Waals surface area contributed by atoms with Crippen LogP contribution in [0.1, 0.15) is 53.6 Å². The summed E-state index contributed by atoms with van der Waals surface area (Å²) in [7, 11) is 0. The molecule has 4 nitrogen and oxygen atoms in total. The smallest absolute Gasteiger partial charge is 0.281 e. The maximum absolute atomic E-state index is 11.9. The average molecular weight is 285 g/mol. The molecule has 1 heterocycles. The highest BCUT2D eigenvalue weighted by Crippen LogP contribution is 2.22. The highest BCUT2D eigenvalue weighted by Gasteiger charge is 2.17. The Hall–Kier alpha value is -2.07. The Morgan fingerprint density at radius 3 is 2.48 bits per heavy atom. The molecule has 1 aromatic carbocycles. The summed E-state index contributed by atoms with van der Waals surface area (Å²) in [6.45, 7) is 6.31. The van der Waals surface area contributed by atoms with Crippen LogP contribution < -0.4 is 11.3 Å². The minimum atomic E-state index is -0.245. The van der Waals surface area contributed by atoms with Gasteiger partial charge in [0.25, 0.3) is 5.91 Å². The predicted octanol–water partition coefficient (Wildman–Crippen LogP) is 2.96. The van der Waals surface area contributed by atoms with Crippen LogP contribution in [0.3, 0.4) is 0 Å². The summed E-state index contributed by atoms with van der Waals surface area (Å²) < 4.78 is 2.09. The van der Waals surface area contributed by atoms with Crippen molar-refractivity contribution in [3.05, 3.63) is 58.9 Å². The Morgan fingerprint density at radius 2 is 1.90 bits per heavy atom. The van der Waals surface area contributed by atoms with Crippen molar-refractivity contribution >= 4 is 5.91 Å². The first-order chi connectivity index (χ1) is 10.1. The van der Waals surface area contributed by atoms with Crippen molar-refractivity contribution < 1.29 is 4.79 Å². The van der Waals surface area contributed by atoms with E-state index in [-0.39, 0.29) is 11.9 Å². The van der Waals surface area contributed by atoms with Gasteiger partial charge in [-0.25, -0.2) is 5.84 Å². The number of benzene rings is 1. The molecule has 112 valence electrons. The van der Waals surface area contributed by atoms with Gasteiger partial charge in [0, 0.05) is 18.2 Å². The Bertz CT molecular complexity index is 613. The van der Waals surface area contributed by atoms with Crippen molar-refractivity contribution in [2.24, 2.45) is 5.84 Å². The molecule has 0 aliphatic rings. The lowest BCUT2D eigenvalue weighted by Gasteiger charge is -2.19. The van der Waals surface area contributed by atoms with E-state index in [2.05, 4.69) is 55.0 Å². The van der Waals surface area contributed by atoms with E-state index in [1.165, 1.54) is 11.1 Å². The van der Waals surface area contributed by atoms with E-state index in [9.17, 15) is 4.79 Å². The molecular formula is C17H23N3O. The molecule has 1 atom stereocenters. The number of nitrogens with two attached hydrogens (primary N) is 1. The lowest BCUT2D eigenvalue weighted by atomic mass is 10.1. The number of amides is 1. The number of nitrogens with zero attached hydrogens (tertiary/aromatic N) is 1. The quantitative estimate of drug-likeness (QED) is 0.504. The molecule has 1 amide bonds. The summed E-state index contributed by atoms with van der Waals surface area (Å²) in [5, 5.41) is 0. The molecule has 0 saturated carbocycles. The summed E-state index contributed by atoms with van der Waals surface area (Å²) in [6.07, 6.45) is 1.77. The van der Waals surface area contributed by atoms with Crippen LogP contribution in [-0.4, -0.2) is 10.5 Å². The number of hydrogen-bond donors (Lipinski definition) is 2. The Labute approximate surface area is 125 Å². The van der Waals surface area contributed by atoms with E-state index in [0.29, 0.717) is 5.69 Å². The highest BCUT2D eigenvalue weighted by atomic mass is 16.2. The first-order valence-corrected chi connectivity index (χ1v) is 7.33. The van der Waals surface area contributed by atoms with Gasteiger partial charge in [-0.3, -0.25) is 10.2 Å². The van der Waals surface area contributed by atoms with E-state index < -0.39 is 0 Å². The van der Waals surface area contributed by atoms with Crippen LogP contribution in [0, 0.1) is 6.92 Å². The van der Waals surface area contributed by atoms with Crippen LogP contribution in [-0.2, 0) is 6.42 Å². The number of nitrogen functional groups attached to an aromatic ring is 1. The predicted molar refractivity (Wildman–Crippen MR) is 85.1 cm³/mol. The topological polar surface area (TPSA) is 60.0 Å². The van der Waals surface area contributed by atoms with E-state index >= 15 is 0 Å². The van der Waals surface area contributed by atoms with Gasteiger partial charge in [-0.05, 0) is 38.0 Å². The summed E-state index contributed by atoms with van der Waals surface area (Å²) in [4.78, 5) is 11.9. The van der Waals surface area contributed by atoms with Crippen molar-refractivity contribution in [1.29, 1.82) is 0 Å². The van der Waals surface area contributed by atoms with Crippen LogP contribution >= 0.6 is 0 Å². The maximum atomic E-state index is 11.9. The number of carbonyl (C=O) groups is 1. The van der Waals surface area contributed by atoms with Crippen LogP contribution in [0.5, 0.6) is 0 Å². The fraction of sp³-hybridized carbons (Fsp3) is 0.353. The lowest BCUT2D eigenvalue weighted by Crippen LogP contribution is -2.32. The molecule has 0 spiro atoms. The minimum Gasteiger partial charge on any atom is -0.338 e. The standard InChI is InChI=1S/C17H23N3O/c1-4-13(3)20-15(9-10-16(20)17(21)19-18)11-14-7-5-12(2)6-8-14/h5-10,13H,4,11,18H2,1-3H3,(H,19,21). The number of aromatic nitrogens is 1. The maximum Gasteiger partial charge on any atom is 0.281 e. The van der Waals surface area contributed by atoms with Crippen LogP contribution in [0.15, 0.2) is 36.4 Å². The normalized spacial score (nSPS) is 12.2. The second kappa shape index (κ2) is 6.59. The minimum absolute atomic E-state index is 0.245. The third-order valence-electron chi connectivity index (χ3n) is 3.90. The Kier molecular flexibility index (Phi) is 4.81. The van der Waals surface area contributed by atoms with E-state index in [1.807, 2.05) is 12.1 Å². The van der Waals surface area contributed by atoms with Gasteiger partial charge >= 0.3 is 0 Å². The summed E-state index contributed by atoms with van der Waals surface area (Å²) >= 11 is 0. The Morgan fingerprint density at radius 1 is 1.24 bits per heavy atom. The average Bonchev–Trinajstić information content (AvgIpc) is 2.91. The molecule has 0 radical (unpaired) electrons. The van der Waals surface area contributed by atoms with E-state index in [1.54, 1.807) is 0 Å². The largest absolute Gasteiger partial charge is 0.338 e. The molecule has 0 aliphatic heterocycles. The second-order valence-electron chi connectivity index (χ2n) is 5.47. The van der Waals surface area contributed by atoms with Gasteiger partial charge in [0.15, 0.2) is 0 Å². The van der Waals surface area contributed by atoms with Gasteiger partial charge in [0.2, 0.25) is 0 Å². The van der Waals surface area contributed by atoms with Gasteiger partial charge in [-0.1, -0.05) is 36.8 Å². The Balaban J connectivity index is 2.36. The van der Waals surface area contributed by atoms with Crippen molar-refractivity contribution in [2.45, 2.75) is 39.7 Å². The van der Waals surface area contributed by atoms with Crippen LogP contribution in [0.2, 0.25) is 0 Å². The van der Waals surface area contributed by atoms with Crippen molar-refractivity contribution in [3.8, 4) is 0 Å². The second-order valence-corrected chi connectivity index (χ2v) is 5.47. The number of hydrazine groups is 1. The molecule has 2 rings (SSSR count). The first kappa shape index (κ1) is 15.3. The fourth-order valence-corrected chi connectivity index (χ4v) is 2.51. The van der Waals surface area contributed by atoms with Gasteiger partial charge < -0.3 is 4.57 Å². The third-order valence-corrected chi connectivity index (χ3v) is 3.90. The molecule has 1 unspecified atom stereocenters. The molecule has 3 N–H and O–H groups in total. The van der Waals surface area contributed by atoms with E-state index in [0.717, 1.165) is 18.5 Å².